The Morgan fingerprint density at radius 1 is 1.53 bits per heavy atom. The van der Waals surface area contributed by atoms with Gasteiger partial charge in [0, 0.05) is 10.1 Å². The summed E-state index contributed by atoms with van der Waals surface area (Å²) in [6.07, 6.45) is 0.898. The van der Waals surface area contributed by atoms with Crippen molar-refractivity contribution in [2.45, 2.75) is 19.4 Å². The monoisotopic (exact) mass is 343 g/mol. The fourth-order valence-electron chi connectivity index (χ4n) is 2.00. The van der Waals surface area contributed by atoms with Gasteiger partial charge in [-0.25, -0.2) is 4.79 Å². The Hall–Kier alpha value is -1.11. The number of benzene rings is 1. The minimum Gasteiger partial charge on any atom is -0.385 e. The highest BCUT2D eigenvalue weighted by Gasteiger charge is 2.33. The van der Waals surface area contributed by atoms with Crippen LogP contribution in [0.3, 0.4) is 0 Å². The SMILES string of the molecule is CCCN1C(=O)N=C(N)C1c1cccc(I)c1. The third-order valence-corrected chi connectivity index (χ3v) is 3.36. The van der Waals surface area contributed by atoms with Gasteiger partial charge in [0.1, 0.15) is 11.9 Å². The fraction of sp³-hybridized carbons (Fsp3) is 0.333. The van der Waals surface area contributed by atoms with Gasteiger partial charge in [-0.15, -0.1) is 0 Å². The summed E-state index contributed by atoms with van der Waals surface area (Å²) in [6, 6.07) is 7.58. The van der Waals surface area contributed by atoms with Gasteiger partial charge in [-0.05, 0) is 46.7 Å². The van der Waals surface area contributed by atoms with Crippen molar-refractivity contribution in [1.29, 1.82) is 0 Å². The number of carbonyl (C=O) groups excluding carboxylic acids is 1. The van der Waals surface area contributed by atoms with E-state index in [2.05, 4.69) is 27.6 Å². The second kappa shape index (κ2) is 5.03. The number of rotatable bonds is 3. The summed E-state index contributed by atoms with van der Waals surface area (Å²) in [5, 5.41) is 0. The molecule has 1 atom stereocenters. The van der Waals surface area contributed by atoms with E-state index in [1.54, 1.807) is 4.90 Å². The summed E-state index contributed by atoms with van der Waals surface area (Å²) >= 11 is 2.25. The lowest BCUT2D eigenvalue weighted by molar-refractivity contribution is 0.206. The Morgan fingerprint density at radius 3 is 2.94 bits per heavy atom. The van der Waals surface area contributed by atoms with Gasteiger partial charge in [-0.2, -0.15) is 4.99 Å². The Labute approximate surface area is 114 Å². The second-order valence-corrected chi connectivity index (χ2v) is 5.22. The van der Waals surface area contributed by atoms with E-state index >= 15 is 0 Å². The van der Waals surface area contributed by atoms with Gasteiger partial charge >= 0.3 is 6.03 Å². The van der Waals surface area contributed by atoms with Crippen LogP contribution in [-0.2, 0) is 0 Å². The fourth-order valence-corrected chi connectivity index (χ4v) is 2.57. The molecule has 2 rings (SSSR count). The quantitative estimate of drug-likeness (QED) is 0.858. The lowest BCUT2D eigenvalue weighted by atomic mass is 10.1. The van der Waals surface area contributed by atoms with Crippen molar-refractivity contribution >= 4 is 34.5 Å². The topological polar surface area (TPSA) is 58.7 Å². The second-order valence-electron chi connectivity index (χ2n) is 3.97. The van der Waals surface area contributed by atoms with Crippen LogP contribution in [0.5, 0.6) is 0 Å². The van der Waals surface area contributed by atoms with Crippen LogP contribution >= 0.6 is 22.6 Å². The molecule has 1 aliphatic heterocycles. The normalized spacial score (nSPS) is 19.6. The number of hydrogen-bond acceptors (Lipinski definition) is 2. The molecule has 1 aromatic carbocycles. The molecule has 0 fully saturated rings. The van der Waals surface area contributed by atoms with E-state index in [4.69, 9.17) is 5.73 Å². The number of amidine groups is 1. The van der Waals surface area contributed by atoms with Crippen LogP contribution in [-0.4, -0.2) is 23.3 Å². The van der Waals surface area contributed by atoms with Crippen molar-refractivity contribution in [2.24, 2.45) is 10.7 Å². The van der Waals surface area contributed by atoms with Crippen LogP contribution in [0.1, 0.15) is 24.9 Å². The summed E-state index contributed by atoms with van der Waals surface area (Å²) in [6.45, 7) is 2.72. The average Bonchev–Trinajstić information content (AvgIpc) is 2.54. The molecule has 0 spiro atoms. The highest BCUT2D eigenvalue weighted by Crippen LogP contribution is 2.27. The van der Waals surface area contributed by atoms with Gasteiger partial charge in [-0.1, -0.05) is 19.1 Å². The Morgan fingerprint density at radius 2 is 2.29 bits per heavy atom. The molecule has 1 heterocycles. The summed E-state index contributed by atoms with van der Waals surface area (Å²) in [5.74, 6) is 0.394. The number of carbonyl (C=O) groups is 1. The number of nitrogens with two attached hydrogens (primary N) is 1. The van der Waals surface area contributed by atoms with E-state index in [1.165, 1.54) is 0 Å². The van der Waals surface area contributed by atoms with Crippen LogP contribution in [0, 0.1) is 3.57 Å². The maximum atomic E-state index is 11.7. The van der Waals surface area contributed by atoms with Gasteiger partial charge in [-0.3, -0.25) is 0 Å². The highest BCUT2D eigenvalue weighted by molar-refractivity contribution is 14.1. The highest BCUT2D eigenvalue weighted by atomic mass is 127. The van der Waals surface area contributed by atoms with Crippen LogP contribution < -0.4 is 5.73 Å². The molecular formula is C12H14IN3O. The van der Waals surface area contributed by atoms with Gasteiger partial charge in [0.25, 0.3) is 0 Å². The maximum absolute atomic E-state index is 11.7. The zero-order valence-electron chi connectivity index (χ0n) is 9.56. The first-order chi connectivity index (χ1) is 8.13. The van der Waals surface area contributed by atoms with Gasteiger partial charge in [0.2, 0.25) is 0 Å². The first-order valence-electron chi connectivity index (χ1n) is 5.53. The Bertz CT molecular complexity index is 473. The number of nitrogens with zero attached hydrogens (tertiary/aromatic N) is 2. The summed E-state index contributed by atoms with van der Waals surface area (Å²) < 4.78 is 1.13. The van der Waals surface area contributed by atoms with E-state index in [9.17, 15) is 4.79 Å². The first-order valence-corrected chi connectivity index (χ1v) is 6.61. The summed E-state index contributed by atoms with van der Waals surface area (Å²) in [7, 11) is 0. The zero-order valence-corrected chi connectivity index (χ0v) is 11.7. The van der Waals surface area contributed by atoms with E-state index in [0.29, 0.717) is 12.4 Å². The molecular weight excluding hydrogens is 329 g/mol. The molecule has 0 aliphatic carbocycles. The summed E-state index contributed by atoms with van der Waals surface area (Å²) in [5.41, 5.74) is 6.88. The van der Waals surface area contributed by atoms with Crippen LogP contribution in [0.2, 0.25) is 0 Å². The average molecular weight is 343 g/mol. The number of halogens is 1. The smallest absolute Gasteiger partial charge is 0.346 e. The maximum Gasteiger partial charge on any atom is 0.346 e. The van der Waals surface area contributed by atoms with Crippen LogP contribution in [0.15, 0.2) is 29.3 Å². The van der Waals surface area contributed by atoms with Crippen molar-refractivity contribution in [3.8, 4) is 0 Å². The number of hydrogen-bond donors (Lipinski definition) is 1. The van der Waals surface area contributed by atoms with Crippen molar-refractivity contribution < 1.29 is 4.79 Å². The van der Waals surface area contributed by atoms with Crippen molar-refractivity contribution in [3.63, 3.8) is 0 Å². The predicted molar refractivity (Wildman–Crippen MR) is 75.9 cm³/mol. The molecule has 1 aliphatic rings. The van der Waals surface area contributed by atoms with Crippen molar-refractivity contribution in [2.75, 3.05) is 6.54 Å². The molecule has 0 saturated heterocycles. The lowest BCUT2D eigenvalue weighted by Gasteiger charge is -2.24. The number of aliphatic imine (C=N–C) groups is 1. The van der Waals surface area contributed by atoms with E-state index in [1.807, 2.05) is 31.2 Å². The molecule has 2 amide bonds. The van der Waals surface area contributed by atoms with E-state index in [-0.39, 0.29) is 12.1 Å². The number of amides is 2. The molecule has 4 nitrogen and oxygen atoms in total. The molecule has 0 radical (unpaired) electrons. The predicted octanol–water partition coefficient (Wildman–Crippen LogP) is 2.54. The molecule has 17 heavy (non-hydrogen) atoms. The van der Waals surface area contributed by atoms with Crippen LogP contribution in [0.25, 0.3) is 0 Å². The first kappa shape index (κ1) is 12.3. The van der Waals surface area contributed by atoms with Crippen LogP contribution in [0.4, 0.5) is 4.79 Å². The third kappa shape index (κ3) is 2.43. The third-order valence-electron chi connectivity index (χ3n) is 2.69. The van der Waals surface area contributed by atoms with Gasteiger partial charge < -0.3 is 10.6 Å². The largest absolute Gasteiger partial charge is 0.385 e. The Balaban J connectivity index is 2.35. The van der Waals surface area contributed by atoms with E-state index in [0.717, 1.165) is 15.6 Å². The molecule has 0 aromatic heterocycles. The Kier molecular flexibility index (Phi) is 3.66. The molecule has 0 bridgehead atoms. The zero-order chi connectivity index (χ0) is 12.4. The lowest BCUT2D eigenvalue weighted by Crippen LogP contribution is -2.33. The van der Waals surface area contributed by atoms with Gasteiger partial charge in [0.05, 0.1) is 0 Å². The molecule has 1 aromatic rings. The molecule has 0 saturated carbocycles. The molecule has 1 unspecified atom stereocenters. The van der Waals surface area contributed by atoms with Crippen molar-refractivity contribution in [1.82, 2.24) is 4.90 Å². The summed E-state index contributed by atoms with van der Waals surface area (Å²) in [4.78, 5) is 17.3. The molecule has 90 valence electrons. The standard InChI is InChI=1S/C12H14IN3O/c1-2-6-16-10(11(14)15-12(16)17)8-4-3-5-9(13)7-8/h3-5,7,10H,2,6H2,1H3,(H2,14,15,17). The van der Waals surface area contributed by atoms with E-state index < -0.39 is 0 Å². The minimum absolute atomic E-state index is 0.197. The number of urea groups is 1. The molecule has 2 N–H and O–H groups in total. The minimum atomic E-state index is -0.229. The van der Waals surface area contributed by atoms with Crippen molar-refractivity contribution in [3.05, 3.63) is 33.4 Å². The molecule has 5 heteroatoms. The van der Waals surface area contributed by atoms with Gasteiger partial charge in [0.15, 0.2) is 0 Å².